The van der Waals surface area contributed by atoms with Gasteiger partial charge in [0, 0.05) is 44.9 Å². The number of carbonyl (C=O) groups is 1. The molecule has 1 fully saturated rings. The van der Waals surface area contributed by atoms with Crippen molar-refractivity contribution >= 4 is 15.9 Å². The Balaban J connectivity index is 1.47. The fraction of sp³-hybridized carbons (Fsp3) is 0.368. The molecule has 2 aliphatic rings. The Bertz CT molecular complexity index is 957. The summed E-state index contributed by atoms with van der Waals surface area (Å²) in [6.07, 6.45) is 2.32. The molecule has 1 saturated heterocycles. The summed E-state index contributed by atoms with van der Waals surface area (Å²) in [5.74, 6) is 0.818. The SMILES string of the molecule is O=C(c1ccccn1)N1CCN(S(=O)(=O)c2ccc3c(c2)OCCCO3)CC1. The minimum absolute atomic E-state index is 0.168. The van der Waals surface area contributed by atoms with Crippen molar-refractivity contribution in [1.82, 2.24) is 14.2 Å². The standard InChI is InChI=1S/C19H21N3O5S/c23-19(16-4-1-2-7-20-16)21-8-10-22(11-9-21)28(24,25)15-5-6-17-18(14-15)27-13-3-12-26-17/h1-2,4-7,14H,3,8-13H2. The molecule has 9 heteroatoms. The second kappa shape index (κ2) is 7.76. The van der Waals surface area contributed by atoms with Gasteiger partial charge in [-0.2, -0.15) is 4.31 Å². The maximum atomic E-state index is 13.0. The van der Waals surface area contributed by atoms with E-state index in [1.165, 1.54) is 16.4 Å². The first kappa shape index (κ1) is 18.7. The van der Waals surface area contributed by atoms with E-state index in [1.54, 1.807) is 35.4 Å². The van der Waals surface area contributed by atoms with Gasteiger partial charge in [-0.05, 0) is 24.3 Å². The topological polar surface area (TPSA) is 89.0 Å². The zero-order valence-electron chi connectivity index (χ0n) is 15.3. The molecule has 0 aliphatic carbocycles. The molecule has 0 unspecified atom stereocenters. The third-order valence-electron chi connectivity index (χ3n) is 4.77. The van der Waals surface area contributed by atoms with E-state index in [2.05, 4.69) is 4.98 Å². The molecular weight excluding hydrogens is 382 g/mol. The molecule has 0 saturated carbocycles. The first-order valence-electron chi connectivity index (χ1n) is 9.16. The zero-order chi connectivity index (χ0) is 19.6. The summed E-state index contributed by atoms with van der Waals surface area (Å²) < 4.78 is 38.6. The Hall–Kier alpha value is -2.65. The Morgan fingerprint density at radius 1 is 0.964 bits per heavy atom. The first-order chi connectivity index (χ1) is 13.6. The molecular formula is C19H21N3O5S. The van der Waals surface area contributed by atoms with Crippen molar-refractivity contribution in [3.8, 4) is 11.5 Å². The Labute approximate surface area is 163 Å². The van der Waals surface area contributed by atoms with Crippen LogP contribution in [-0.2, 0) is 10.0 Å². The summed E-state index contributed by atoms with van der Waals surface area (Å²) >= 11 is 0. The number of pyridine rings is 1. The van der Waals surface area contributed by atoms with Crippen LogP contribution in [0, 0.1) is 0 Å². The van der Waals surface area contributed by atoms with Crippen molar-refractivity contribution in [1.29, 1.82) is 0 Å². The van der Waals surface area contributed by atoms with E-state index in [-0.39, 0.29) is 23.9 Å². The van der Waals surface area contributed by atoms with Gasteiger partial charge in [0.2, 0.25) is 10.0 Å². The van der Waals surface area contributed by atoms with Crippen LogP contribution in [0.4, 0.5) is 0 Å². The Morgan fingerprint density at radius 3 is 2.43 bits per heavy atom. The molecule has 4 rings (SSSR count). The molecule has 0 bridgehead atoms. The second-order valence-corrected chi connectivity index (χ2v) is 8.51. The van der Waals surface area contributed by atoms with Gasteiger partial charge in [-0.3, -0.25) is 9.78 Å². The van der Waals surface area contributed by atoms with E-state index in [4.69, 9.17) is 9.47 Å². The van der Waals surface area contributed by atoms with Gasteiger partial charge < -0.3 is 14.4 Å². The second-order valence-electron chi connectivity index (χ2n) is 6.57. The lowest BCUT2D eigenvalue weighted by Gasteiger charge is -2.33. The number of carbonyl (C=O) groups excluding carboxylic acids is 1. The van der Waals surface area contributed by atoms with E-state index in [1.807, 2.05) is 0 Å². The number of sulfonamides is 1. The average Bonchev–Trinajstić information content (AvgIpc) is 2.99. The summed E-state index contributed by atoms with van der Waals surface area (Å²) in [4.78, 5) is 18.3. The molecule has 3 heterocycles. The third-order valence-corrected chi connectivity index (χ3v) is 6.66. The molecule has 0 N–H and O–H groups in total. The minimum atomic E-state index is -3.68. The zero-order valence-corrected chi connectivity index (χ0v) is 16.1. The van der Waals surface area contributed by atoms with Gasteiger partial charge in [0.25, 0.3) is 5.91 Å². The van der Waals surface area contributed by atoms with Gasteiger partial charge in [0.15, 0.2) is 11.5 Å². The molecule has 8 nitrogen and oxygen atoms in total. The predicted octanol–water partition coefficient (Wildman–Crippen LogP) is 1.39. The lowest BCUT2D eigenvalue weighted by atomic mass is 10.3. The van der Waals surface area contributed by atoms with Crippen LogP contribution >= 0.6 is 0 Å². The van der Waals surface area contributed by atoms with E-state index < -0.39 is 10.0 Å². The highest BCUT2D eigenvalue weighted by atomic mass is 32.2. The maximum Gasteiger partial charge on any atom is 0.272 e. The van der Waals surface area contributed by atoms with Gasteiger partial charge in [0.1, 0.15) is 5.69 Å². The van der Waals surface area contributed by atoms with Crippen LogP contribution < -0.4 is 9.47 Å². The number of benzene rings is 1. The normalized spacial score (nSPS) is 17.8. The number of hydrogen-bond acceptors (Lipinski definition) is 6. The van der Waals surface area contributed by atoms with Crippen molar-refractivity contribution < 1.29 is 22.7 Å². The average molecular weight is 403 g/mol. The molecule has 2 aromatic rings. The molecule has 1 aromatic carbocycles. The Kier molecular flexibility index (Phi) is 5.19. The van der Waals surface area contributed by atoms with Crippen molar-refractivity contribution in [3.05, 3.63) is 48.3 Å². The van der Waals surface area contributed by atoms with Gasteiger partial charge in [-0.15, -0.1) is 0 Å². The summed E-state index contributed by atoms with van der Waals surface area (Å²) in [6.45, 7) is 2.14. The molecule has 148 valence electrons. The number of piperazine rings is 1. The van der Waals surface area contributed by atoms with Gasteiger partial charge >= 0.3 is 0 Å². The highest BCUT2D eigenvalue weighted by molar-refractivity contribution is 7.89. The van der Waals surface area contributed by atoms with Crippen LogP contribution in [0.2, 0.25) is 0 Å². The minimum Gasteiger partial charge on any atom is -0.490 e. The highest BCUT2D eigenvalue weighted by Gasteiger charge is 2.31. The highest BCUT2D eigenvalue weighted by Crippen LogP contribution is 2.33. The molecule has 0 atom stereocenters. The lowest BCUT2D eigenvalue weighted by molar-refractivity contribution is 0.0692. The van der Waals surface area contributed by atoms with Crippen LogP contribution in [0.25, 0.3) is 0 Å². The van der Waals surface area contributed by atoms with Crippen LogP contribution in [-0.4, -0.2) is 67.9 Å². The van der Waals surface area contributed by atoms with E-state index in [9.17, 15) is 13.2 Å². The fourth-order valence-electron chi connectivity index (χ4n) is 3.24. The predicted molar refractivity (Wildman–Crippen MR) is 101 cm³/mol. The van der Waals surface area contributed by atoms with Crippen molar-refractivity contribution in [2.75, 3.05) is 39.4 Å². The molecule has 1 aromatic heterocycles. The monoisotopic (exact) mass is 403 g/mol. The molecule has 28 heavy (non-hydrogen) atoms. The number of hydrogen-bond donors (Lipinski definition) is 0. The number of amides is 1. The molecule has 2 aliphatic heterocycles. The summed E-state index contributed by atoms with van der Waals surface area (Å²) in [5, 5.41) is 0. The van der Waals surface area contributed by atoms with Crippen molar-refractivity contribution in [3.63, 3.8) is 0 Å². The van der Waals surface area contributed by atoms with Gasteiger partial charge in [-0.1, -0.05) is 6.07 Å². The molecule has 0 radical (unpaired) electrons. The number of ether oxygens (including phenoxy) is 2. The van der Waals surface area contributed by atoms with E-state index >= 15 is 0 Å². The third kappa shape index (κ3) is 3.67. The largest absolute Gasteiger partial charge is 0.490 e. The van der Waals surface area contributed by atoms with Gasteiger partial charge in [0.05, 0.1) is 18.1 Å². The summed E-state index contributed by atoms with van der Waals surface area (Å²) in [5.41, 5.74) is 0.363. The van der Waals surface area contributed by atoms with Crippen LogP contribution in [0.1, 0.15) is 16.9 Å². The fourth-order valence-corrected chi connectivity index (χ4v) is 4.67. The first-order valence-corrected chi connectivity index (χ1v) is 10.6. The van der Waals surface area contributed by atoms with Crippen molar-refractivity contribution in [2.24, 2.45) is 0 Å². The van der Waals surface area contributed by atoms with Crippen molar-refractivity contribution in [2.45, 2.75) is 11.3 Å². The Morgan fingerprint density at radius 2 is 1.71 bits per heavy atom. The lowest BCUT2D eigenvalue weighted by Crippen LogP contribution is -2.50. The molecule has 0 spiro atoms. The number of rotatable bonds is 3. The number of aromatic nitrogens is 1. The summed E-state index contributed by atoms with van der Waals surface area (Å²) in [6, 6.07) is 9.84. The van der Waals surface area contributed by atoms with Crippen LogP contribution in [0.5, 0.6) is 11.5 Å². The smallest absolute Gasteiger partial charge is 0.272 e. The maximum absolute atomic E-state index is 13.0. The number of nitrogens with zero attached hydrogens (tertiary/aromatic N) is 3. The van der Waals surface area contributed by atoms with E-state index in [0.717, 1.165) is 6.42 Å². The van der Waals surface area contributed by atoms with Crippen LogP contribution in [0.15, 0.2) is 47.5 Å². The van der Waals surface area contributed by atoms with Gasteiger partial charge in [-0.25, -0.2) is 8.42 Å². The van der Waals surface area contributed by atoms with E-state index in [0.29, 0.717) is 43.5 Å². The number of fused-ring (bicyclic) bond motifs is 1. The molecule has 1 amide bonds. The van der Waals surface area contributed by atoms with Crippen LogP contribution in [0.3, 0.4) is 0 Å². The quantitative estimate of drug-likeness (QED) is 0.770. The summed E-state index contributed by atoms with van der Waals surface area (Å²) in [7, 11) is -3.68.